The molecule has 0 spiro atoms. The molecule has 0 unspecified atom stereocenters. The number of hydrogen-bond acceptors (Lipinski definition) is 2. The lowest BCUT2D eigenvalue weighted by Gasteiger charge is -2.20. The summed E-state index contributed by atoms with van der Waals surface area (Å²) in [4.78, 5) is 9.04. The summed E-state index contributed by atoms with van der Waals surface area (Å²) in [6, 6.07) is 9.90. The number of rotatable bonds is 1. The molecule has 0 aliphatic rings. The maximum Gasteiger partial charge on any atom is 0.161 e. The van der Waals surface area contributed by atoms with E-state index in [9.17, 15) is 0 Å². The maximum atomic E-state index is 6.22. The predicted octanol–water partition coefficient (Wildman–Crippen LogP) is 4.70. The van der Waals surface area contributed by atoms with Crippen molar-refractivity contribution in [3.8, 4) is 11.4 Å². The van der Waals surface area contributed by atoms with Crippen LogP contribution in [0.3, 0.4) is 0 Å². The van der Waals surface area contributed by atoms with E-state index < -0.39 is 0 Å². The first-order valence-electron chi connectivity index (χ1n) is 5.68. The van der Waals surface area contributed by atoms with Crippen molar-refractivity contribution in [3.63, 3.8) is 0 Å². The summed E-state index contributed by atoms with van der Waals surface area (Å²) in [6.07, 6.45) is 0. The molecule has 0 radical (unpaired) electrons. The fraction of sp³-hybridized carbons (Fsp3) is 0.286. The van der Waals surface area contributed by atoms with Crippen LogP contribution in [0, 0.1) is 3.57 Å². The summed E-state index contributed by atoms with van der Waals surface area (Å²) < 4.78 is 0.932. The highest BCUT2D eigenvalue weighted by Crippen LogP contribution is 2.31. The quantitative estimate of drug-likeness (QED) is 0.536. The Kier molecular flexibility index (Phi) is 3.92. The molecule has 0 fully saturated rings. The van der Waals surface area contributed by atoms with Gasteiger partial charge >= 0.3 is 0 Å². The molecule has 0 saturated heterocycles. The molecule has 0 aliphatic carbocycles. The fourth-order valence-corrected chi connectivity index (χ4v) is 2.85. The lowest BCUT2D eigenvalue weighted by molar-refractivity contribution is 0.563. The van der Waals surface area contributed by atoms with Crippen molar-refractivity contribution in [3.05, 3.63) is 44.7 Å². The minimum atomic E-state index is -0.0490. The van der Waals surface area contributed by atoms with Gasteiger partial charge in [0.1, 0.15) is 5.15 Å². The molecule has 0 amide bonds. The Balaban J connectivity index is 2.62. The van der Waals surface area contributed by atoms with Crippen LogP contribution in [-0.4, -0.2) is 9.97 Å². The van der Waals surface area contributed by atoms with E-state index >= 15 is 0 Å². The maximum absolute atomic E-state index is 6.22. The van der Waals surface area contributed by atoms with Crippen LogP contribution in [-0.2, 0) is 5.41 Å². The first-order chi connectivity index (χ1) is 8.39. The molecule has 0 aliphatic heterocycles. The molecule has 1 aromatic heterocycles. The molecular formula is C14H14ClIN2. The van der Waals surface area contributed by atoms with Gasteiger partial charge in [-0.3, -0.25) is 0 Å². The fourth-order valence-electron chi connectivity index (χ4n) is 1.63. The van der Waals surface area contributed by atoms with Gasteiger partial charge in [-0.2, -0.15) is 0 Å². The van der Waals surface area contributed by atoms with Crippen molar-refractivity contribution < 1.29 is 0 Å². The van der Waals surface area contributed by atoms with Crippen LogP contribution < -0.4 is 0 Å². The Hall–Kier alpha value is -0.680. The molecule has 2 nitrogen and oxygen atoms in total. The normalized spacial score (nSPS) is 11.6. The number of hydrogen-bond donors (Lipinski definition) is 0. The summed E-state index contributed by atoms with van der Waals surface area (Å²) in [5, 5.41) is 0.523. The van der Waals surface area contributed by atoms with Crippen molar-refractivity contribution >= 4 is 34.2 Å². The standard InChI is InChI=1S/C14H14ClIN2/c1-14(2,3)11-10(16)12(15)18-13(17-11)9-7-5-4-6-8-9/h4-8H,1-3H3. The second kappa shape index (κ2) is 5.13. The topological polar surface area (TPSA) is 25.8 Å². The SMILES string of the molecule is CC(C)(C)c1nc(-c2ccccc2)nc(Cl)c1I. The molecule has 1 heterocycles. The molecule has 0 atom stereocenters. The number of benzene rings is 1. The van der Waals surface area contributed by atoms with Crippen LogP contribution in [0.25, 0.3) is 11.4 Å². The molecule has 18 heavy (non-hydrogen) atoms. The van der Waals surface area contributed by atoms with Crippen LogP contribution in [0.2, 0.25) is 5.15 Å². The summed E-state index contributed by atoms with van der Waals surface area (Å²) in [7, 11) is 0. The summed E-state index contributed by atoms with van der Waals surface area (Å²) in [5.74, 6) is 0.686. The second-order valence-corrected chi connectivity index (χ2v) is 6.55. The molecule has 0 saturated carbocycles. The first kappa shape index (κ1) is 13.7. The predicted molar refractivity (Wildman–Crippen MR) is 83.9 cm³/mol. The third-order valence-electron chi connectivity index (χ3n) is 2.55. The Morgan fingerprint density at radius 1 is 1.06 bits per heavy atom. The van der Waals surface area contributed by atoms with Crippen LogP contribution in [0.5, 0.6) is 0 Å². The van der Waals surface area contributed by atoms with Crippen LogP contribution in [0.15, 0.2) is 30.3 Å². The van der Waals surface area contributed by atoms with E-state index in [4.69, 9.17) is 11.6 Å². The third kappa shape index (κ3) is 2.83. The van der Waals surface area contributed by atoms with Crippen molar-refractivity contribution in [2.45, 2.75) is 26.2 Å². The van der Waals surface area contributed by atoms with Gasteiger partial charge < -0.3 is 0 Å². The van der Waals surface area contributed by atoms with Gasteiger partial charge in [0.25, 0.3) is 0 Å². The molecule has 0 N–H and O–H groups in total. The zero-order chi connectivity index (χ0) is 13.3. The van der Waals surface area contributed by atoms with Crippen molar-refractivity contribution in [1.82, 2.24) is 9.97 Å². The van der Waals surface area contributed by atoms with E-state index in [2.05, 4.69) is 53.3 Å². The van der Waals surface area contributed by atoms with E-state index in [0.29, 0.717) is 11.0 Å². The molecule has 2 aromatic rings. The van der Waals surface area contributed by atoms with Gasteiger partial charge in [-0.1, -0.05) is 62.7 Å². The number of nitrogens with zero attached hydrogens (tertiary/aromatic N) is 2. The monoisotopic (exact) mass is 372 g/mol. The highest BCUT2D eigenvalue weighted by Gasteiger charge is 2.22. The Morgan fingerprint density at radius 2 is 1.67 bits per heavy atom. The smallest absolute Gasteiger partial charge is 0.161 e. The first-order valence-corrected chi connectivity index (χ1v) is 7.14. The number of halogens is 2. The van der Waals surface area contributed by atoms with Gasteiger partial charge in [0.2, 0.25) is 0 Å². The number of aromatic nitrogens is 2. The molecule has 1 aromatic carbocycles. The van der Waals surface area contributed by atoms with Gasteiger partial charge in [-0.25, -0.2) is 9.97 Å². The van der Waals surface area contributed by atoms with Crippen LogP contribution in [0.4, 0.5) is 0 Å². The zero-order valence-corrected chi connectivity index (χ0v) is 13.5. The van der Waals surface area contributed by atoms with E-state index in [1.165, 1.54) is 0 Å². The van der Waals surface area contributed by atoms with E-state index in [1.54, 1.807) is 0 Å². The lowest BCUT2D eigenvalue weighted by Crippen LogP contribution is -2.17. The summed E-state index contributed by atoms with van der Waals surface area (Å²) in [6.45, 7) is 6.38. The molecule has 0 bridgehead atoms. The van der Waals surface area contributed by atoms with Crippen molar-refractivity contribution in [2.75, 3.05) is 0 Å². The minimum absolute atomic E-state index is 0.0490. The largest absolute Gasteiger partial charge is 0.231 e. The van der Waals surface area contributed by atoms with Gasteiger partial charge in [0.15, 0.2) is 5.82 Å². The highest BCUT2D eigenvalue weighted by atomic mass is 127. The molecule has 2 rings (SSSR count). The van der Waals surface area contributed by atoms with Crippen molar-refractivity contribution in [2.24, 2.45) is 0 Å². The van der Waals surface area contributed by atoms with Crippen molar-refractivity contribution in [1.29, 1.82) is 0 Å². The van der Waals surface area contributed by atoms with Gasteiger partial charge in [-0.15, -0.1) is 0 Å². The van der Waals surface area contributed by atoms with E-state index in [0.717, 1.165) is 14.8 Å². The second-order valence-electron chi connectivity index (χ2n) is 5.12. The van der Waals surface area contributed by atoms with Gasteiger partial charge in [0.05, 0.1) is 9.26 Å². The Labute approximate surface area is 126 Å². The van der Waals surface area contributed by atoms with E-state index in [-0.39, 0.29) is 5.41 Å². The summed E-state index contributed by atoms with van der Waals surface area (Å²) in [5.41, 5.74) is 1.93. The van der Waals surface area contributed by atoms with Crippen LogP contribution >= 0.6 is 34.2 Å². The highest BCUT2D eigenvalue weighted by molar-refractivity contribution is 14.1. The van der Waals surface area contributed by atoms with Gasteiger partial charge in [-0.05, 0) is 22.6 Å². The Bertz CT molecular complexity index is 562. The molecular weight excluding hydrogens is 359 g/mol. The lowest BCUT2D eigenvalue weighted by atomic mass is 9.92. The zero-order valence-electron chi connectivity index (χ0n) is 10.5. The average molecular weight is 373 g/mol. The van der Waals surface area contributed by atoms with E-state index in [1.807, 2.05) is 30.3 Å². The van der Waals surface area contributed by atoms with Crippen LogP contribution in [0.1, 0.15) is 26.5 Å². The third-order valence-corrected chi connectivity index (χ3v) is 4.17. The molecule has 94 valence electrons. The Morgan fingerprint density at radius 3 is 2.22 bits per heavy atom. The summed E-state index contributed by atoms with van der Waals surface area (Å²) >= 11 is 8.43. The van der Waals surface area contributed by atoms with Gasteiger partial charge in [0, 0.05) is 11.0 Å². The minimum Gasteiger partial charge on any atom is -0.231 e. The average Bonchev–Trinajstić information content (AvgIpc) is 2.32. The molecule has 4 heteroatoms.